The molecule has 2 aromatic rings. The van der Waals surface area contributed by atoms with Gasteiger partial charge >= 0.3 is 6.09 Å². The highest BCUT2D eigenvalue weighted by Crippen LogP contribution is 2.27. The number of alkyl carbamates (subject to hydrolysis) is 1. The number of nitrogens with zero attached hydrogens (tertiary/aromatic N) is 3. The molecule has 0 aromatic carbocycles. The maximum Gasteiger partial charge on any atom is 0.407 e. The Hall–Kier alpha value is -2.64. The summed E-state index contributed by atoms with van der Waals surface area (Å²) >= 11 is 0. The first-order chi connectivity index (χ1) is 13.3. The van der Waals surface area contributed by atoms with Crippen molar-refractivity contribution in [3.63, 3.8) is 0 Å². The minimum absolute atomic E-state index is 0.183. The quantitative estimate of drug-likeness (QED) is 0.720. The number of carbonyl (C=O) groups excluding carboxylic acids is 1. The molecule has 3 N–H and O–H groups in total. The number of hydrogen-bond acceptors (Lipinski definition) is 6. The third kappa shape index (κ3) is 6.21. The third-order valence-electron chi connectivity index (χ3n) is 4.71. The van der Waals surface area contributed by atoms with Crippen molar-refractivity contribution in [1.29, 1.82) is 0 Å². The van der Waals surface area contributed by atoms with Crippen LogP contribution in [-0.2, 0) is 11.2 Å². The molecule has 0 radical (unpaired) electrons. The Morgan fingerprint density at radius 1 is 1.25 bits per heavy atom. The van der Waals surface area contributed by atoms with Gasteiger partial charge in [-0.1, -0.05) is 0 Å². The highest BCUT2D eigenvalue weighted by molar-refractivity contribution is 5.68. The molecule has 8 nitrogen and oxygen atoms in total. The van der Waals surface area contributed by atoms with Gasteiger partial charge in [-0.05, 0) is 65.4 Å². The topological polar surface area (TPSA) is 105 Å². The van der Waals surface area contributed by atoms with Gasteiger partial charge in [0, 0.05) is 30.4 Å². The zero-order valence-corrected chi connectivity index (χ0v) is 17.1. The van der Waals surface area contributed by atoms with Gasteiger partial charge in [-0.15, -0.1) is 0 Å². The summed E-state index contributed by atoms with van der Waals surface area (Å²) < 4.78 is 5.34. The first-order valence-corrected chi connectivity index (χ1v) is 9.87. The van der Waals surface area contributed by atoms with Crippen LogP contribution in [0.25, 0.3) is 0 Å². The summed E-state index contributed by atoms with van der Waals surface area (Å²) in [5.74, 6) is 2.85. The number of carbonyl (C=O) groups is 1. The lowest BCUT2D eigenvalue weighted by Gasteiger charge is -2.29. The van der Waals surface area contributed by atoms with E-state index in [4.69, 9.17) is 4.74 Å². The van der Waals surface area contributed by atoms with Crippen molar-refractivity contribution in [3.05, 3.63) is 29.8 Å². The summed E-state index contributed by atoms with van der Waals surface area (Å²) in [7, 11) is 0. The standard InChI is InChI=1S/C20H30N6O2/c1-13-11-18(26-25-13)24-16-9-10-21-17(23-16)12-14-5-7-15(8-6-14)22-19(27)28-20(2,3)4/h9-11,14-15H,5-8,12H2,1-4H3,(H,22,27)(H2,21,23,24,25,26). The summed E-state index contributed by atoms with van der Waals surface area (Å²) in [6.45, 7) is 7.58. The Labute approximate surface area is 165 Å². The molecule has 1 fully saturated rings. The van der Waals surface area contributed by atoms with Crippen molar-refractivity contribution in [1.82, 2.24) is 25.5 Å². The van der Waals surface area contributed by atoms with E-state index in [9.17, 15) is 4.79 Å². The van der Waals surface area contributed by atoms with Crippen LogP contribution in [0.3, 0.4) is 0 Å². The predicted molar refractivity (Wildman–Crippen MR) is 107 cm³/mol. The molecule has 1 amide bonds. The zero-order valence-electron chi connectivity index (χ0n) is 17.1. The van der Waals surface area contributed by atoms with Gasteiger partial charge in [0.25, 0.3) is 0 Å². The number of H-pyrrole nitrogens is 1. The number of anilines is 2. The third-order valence-corrected chi connectivity index (χ3v) is 4.71. The van der Waals surface area contributed by atoms with E-state index in [1.807, 2.05) is 39.8 Å². The summed E-state index contributed by atoms with van der Waals surface area (Å²) in [4.78, 5) is 21.0. The Morgan fingerprint density at radius 3 is 2.64 bits per heavy atom. The maximum absolute atomic E-state index is 11.9. The number of ether oxygens (including phenoxy) is 1. The van der Waals surface area contributed by atoms with Gasteiger partial charge in [-0.25, -0.2) is 14.8 Å². The summed E-state index contributed by atoms with van der Waals surface area (Å²) in [5.41, 5.74) is 0.528. The molecule has 3 rings (SSSR count). The van der Waals surface area contributed by atoms with Crippen LogP contribution < -0.4 is 10.6 Å². The number of nitrogens with one attached hydrogen (secondary N) is 3. The first kappa shape index (κ1) is 20.1. The van der Waals surface area contributed by atoms with Crippen molar-refractivity contribution in [2.24, 2.45) is 5.92 Å². The number of aromatic amines is 1. The predicted octanol–water partition coefficient (Wildman–Crippen LogP) is 3.88. The molecule has 8 heteroatoms. The van der Waals surface area contributed by atoms with Crippen molar-refractivity contribution < 1.29 is 9.53 Å². The second-order valence-electron chi connectivity index (χ2n) is 8.49. The van der Waals surface area contributed by atoms with Crippen LogP contribution in [0, 0.1) is 12.8 Å². The van der Waals surface area contributed by atoms with Crippen LogP contribution in [0.15, 0.2) is 18.3 Å². The van der Waals surface area contributed by atoms with Gasteiger partial charge in [-0.2, -0.15) is 5.10 Å². The minimum Gasteiger partial charge on any atom is -0.444 e. The Bertz CT molecular complexity index is 790. The fraction of sp³-hybridized carbons (Fsp3) is 0.600. The fourth-order valence-corrected chi connectivity index (χ4v) is 3.42. The number of aromatic nitrogens is 4. The van der Waals surface area contributed by atoms with Gasteiger partial charge in [-0.3, -0.25) is 5.10 Å². The second-order valence-corrected chi connectivity index (χ2v) is 8.49. The molecule has 1 saturated carbocycles. The molecule has 28 heavy (non-hydrogen) atoms. The zero-order chi connectivity index (χ0) is 20.1. The lowest BCUT2D eigenvalue weighted by molar-refractivity contribution is 0.0487. The van der Waals surface area contributed by atoms with Crippen LogP contribution in [0.1, 0.15) is 58.0 Å². The first-order valence-electron chi connectivity index (χ1n) is 9.87. The van der Waals surface area contributed by atoms with Crippen LogP contribution in [0.4, 0.5) is 16.4 Å². The lowest BCUT2D eigenvalue weighted by Crippen LogP contribution is -2.41. The van der Waals surface area contributed by atoms with Crippen LogP contribution in [0.5, 0.6) is 0 Å². The van der Waals surface area contributed by atoms with Gasteiger partial charge in [0.05, 0.1) is 0 Å². The molecular formula is C20H30N6O2. The number of aryl methyl sites for hydroxylation is 1. The number of amides is 1. The van der Waals surface area contributed by atoms with Crippen LogP contribution in [-0.4, -0.2) is 37.9 Å². The molecule has 0 bridgehead atoms. The largest absolute Gasteiger partial charge is 0.444 e. The Balaban J connectivity index is 1.47. The summed E-state index contributed by atoms with van der Waals surface area (Å²) in [6.07, 6.45) is 6.28. The van der Waals surface area contributed by atoms with E-state index in [0.29, 0.717) is 5.92 Å². The summed E-state index contributed by atoms with van der Waals surface area (Å²) in [5, 5.41) is 13.3. The Morgan fingerprint density at radius 2 is 2.00 bits per heavy atom. The molecule has 0 spiro atoms. The molecule has 2 aromatic heterocycles. The smallest absolute Gasteiger partial charge is 0.407 e. The number of hydrogen-bond donors (Lipinski definition) is 3. The molecule has 0 atom stereocenters. The van der Waals surface area contributed by atoms with Crippen molar-refractivity contribution >= 4 is 17.7 Å². The van der Waals surface area contributed by atoms with Gasteiger partial charge in [0.2, 0.25) is 0 Å². The van der Waals surface area contributed by atoms with Gasteiger partial charge in [0.15, 0.2) is 5.82 Å². The minimum atomic E-state index is -0.466. The van der Waals surface area contributed by atoms with E-state index >= 15 is 0 Å². The Kier molecular flexibility index (Phi) is 6.16. The SMILES string of the molecule is Cc1cc(Nc2ccnc(CC3CCC(NC(=O)OC(C)(C)C)CC3)n2)n[nH]1. The molecule has 0 aliphatic heterocycles. The van der Waals surface area contributed by atoms with Gasteiger partial charge < -0.3 is 15.4 Å². The molecular weight excluding hydrogens is 356 g/mol. The average molecular weight is 387 g/mol. The van der Waals surface area contributed by atoms with E-state index < -0.39 is 5.60 Å². The van der Waals surface area contributed by atoms with E-state index in [1.54, 1.807) is 6.20 Å². The van der Waals surface area contributed by atoms with Crippen molar-refractivity contribution in [2.75, 3.05) is 5.32 Å². The highest BCUT2D eigenvalue weighted by Gasteiger charge is 2.25. The molecule has 0 saturated heterocycles. The van der Waals surface area contributed by atoms with Crippen LogP contribution in [0.2, 0.25) is 0 Å². The van der Waals surface area contributed by atoms with Crippen LogP contribution >= 0.6 is 0 Å². The second kappa shape index (κ2) is 8.58. The van der Waals surface area contributed by atoms with E-state index in [0.717, 1.165) is 55.3 Å². The maximum atomic E-state index is 11.9. The monoisotopic (exact) mass is 386 g/mol. The lowest BCUT2D eigenvalue weighted by atomic mass is 9.84. The molecule has 1 aliphatic carbocycles. The molecule has 2 heterocycles. The van der Waals surface area contributed by atoms with Crippen molar-refractivity contribution in [3.8, 4) is 0 Å². The van der Waals surface area contributed by atoms with Crippen molar-refractivity contribution in [2.45, 2.75) is 71.4 Å². The highest BCUT2D eigenvalue weighted by atomic mass is 16.6. The van der Waals surface area contributed by atoms with E-state index in [2.05, 4.69) is 30.8 Å². The van der Waals surface area contributed by atoms with E-state index in [-0.39, 0.29) is 12.1 Å². The summed E-state index contributed by atoms with van der Waals surface area (Å²) in [6, 6.07) is 3.96. The molecule has 1 aliphatic rings. The average Bonchev–Trinajstić information content (AvgIpc) is 3.00. The number of rotatable bonds is 5. The normalized spacial score (nSPS) is 19.9. The fourth-order valence-electron chi connectivity index (χ4n) is 3.42. The molecule has 0 unspecified atom stereocenters. The van der Waals surface area contributed by atoms with E-state index in [1.165, 1.54) is 0 Å². The van der Waals surface area contributed by atoms with Gasteiger partial charge in [0.1, 0.15) is 17.2 Å². The molecule has 152 valence electrons.